The van der Waals surface area contributed by atoms with E-state index in [-0.39, 0.29) is 5.54 Å². The standard InChI is InChI=1S/C13H28N2O/c1-4-9-16-12-7-6-8-15(10-12)11-13(3,14)5-2/h12H,4-11,14H2,1-3H3. The van der Waals surface area contributed by atoms with E-state index >= 15 is 0 Å². The molecule has 0 amide bonds. The van der Waals surface area contributed by atoms with Crippen molar-refractivity contribution in [2.75, 3.05) is 26.2 Å². The van der Waals surface area contributed by atoms with Gasteiger partial charge in [0.1, 0.15) is 0 Å². The number of piperidine rings is 1. The minimum absolute atomic E-state index is 0.0490. The van der Waals surface area contributed by atoms with Gasteiger partial charge in [0.05, 0.1) is 6.10 Å². The van der Waals surface area contributed by atoms with Crippen LogP contribution in [0, 0.1) is 0 Å². The van der Waals surface area contributed by atoms with Crippen LogP contribution in [0.1, 0.15) is 46.5 Å². The summed E-state index contributed by atoms with van der Waals surface area (Å²) < 4.78 is 5.83. The second-order valence-corrected chi connectivity index (χ2v) is 5.38. The molecule has 96 valence electrons. The van der Waals surface area contributed by atoms with Gasteiger partial charge in [-0.2, -0.15) is 0 Å². The summed E-state index contributed by atoms with van der Waals surface area (Å²) >= 11 is 0. The first-order valence-electron chi connectivity index (χ1n) is 6.70. The molecule has 16 heavy (non-hydrogen) atoms. The van der Waals surface area contributed by atoms with Crippen molar-refractivity contribution in [3.05, 3.63) is 0 Å². The molecule has 1 aliphatic heterocycles. The lowest BCUT2D eigenvalue weighted by Gasteiger charge is -2.37. The molecule has 0 radical (unpaired) electrons. The molecule has 1 aliphatic rings. The van der Waals surface area contributed by atoms with Gasteiger partial charge in [-0.05, 0) is 39.2 Å². The molecule has 2 N–H and O–H groups in total. The average molecular weight is 228 g/mol. The molecule has 2 unspecified atom stereocenters. The Morgan fingerprint density at radius 2 is 2.19 bits per heavy atom. The van der Waals surface area contributed by atoms with Crippen LogP contribution in [0.3, 0.4) is 0 Å². The molecule has 1 fully saturated rings. The van der Waals surface area contributed by atoms with Gasteiger partial charge in [0, 0.05) is 25.2 Å². The minimum atomic E-state index is -0.0490. The lowest BCUT2D eigenvalue weighted by molar-refractivity contribution is -0.00488. The Morgan fingerprint density at radius 3 is 2.81 bits per heavy atom. The maximum Gasteiger partial charge on any atom is 0.0702 e. The molecule has 2 atom stereocenters. The molecule has 0 bridgehead atoms. The van der Waals surface area contributed by atoms with Gasteiger partial charge in [-0.25, -0.2) is 0 Å². The van der Waals surface area contributed by atoms with Gasteiger partial charge in [-0.3, -0.25) is 4.90 Å². The summed E-state index contributed by atoms with van der Waals surface area (Å²) in [5.41, 5.74) is 6.16. The maximum atomic E-state index is 6.21. The van der Waals surface area contributed by atoms with Gasteiger partial charge >= 0.3 is 0 Å². The quantitative estimate of drug-likeness (QED) is 0.756. The van der Waals surface area contributed by atoms with Crippen LogP contribution >= 0.6 is 0 Å². The molecular formula is C13H28N2O. The van der Waals surface area contributed by atoms with E-state index in [1.165, 1.54) is 19.4 Å². The van der Waals surface area contributed by atoms with Gasteiger partial charge in [-0.15, -0.1) is 0 Å². The van der Waals surface area contributed by atoms with Crippen LogP contribution in [0.5, 0.6) is 0 Å². The Hall–Kier alpha value is -0.120. The predicted octanol–water partition coefficient (Wildman–Crippen LogP) is 2.00. The maximum absolute atomic E-state index is 6.21. The van der Waals surface area contributed by atoms with Gasteiger partial charge in [-0.1, -0.05) is 13.8 Å². The van der Waals surface area contributed by atoms with Gasteiger partial charge in [0.2, 0.25) is 0 Å². The van der Waals surface area contributed by atoms with E-state index in [4.69, 9.17) is 10.5 Å². The van der Waals surface area contributed by atoms with E-state index in [1.54, 1.807) is 0 Å². The minimum Gasteiger partial charge on any atom is -0.377 e. The predicted molar refractivity (Wildman–Crippen MR) is 68.6 cm³/mol. The first-order valence-corrected chi connectivity index (χ1v) is 6.70. The molecule has 0 aromatic rings. The van der Waals surface area contributed by atoms with Gasteiger partial charge in [0.25, 0.3) is 0 Å². The number of likely N-dealkylation sites (tertiary alicyclic amines) is 1. The second kappa shape index (κ2) is 6.58. The number of hydrogen-bond donors (Lipinski definition) is 1. The SMILES string of the molecule is CCCOC1CCCN(CC(C)(N)CC)C1. The van der Waals surface area contributed by atoms with Crippen LogP contribution in [-0.2, 0) is 4.74 Å². The molecule has 1 heterocycles. The molecule has 1 saturated heterocycles. The van der Waals surface area contributed by atoms with Crippen LogP contribution in [0.15, 0.2) is 0 Å². The van der Waals surface area contributed by atoms with Crippen molar-refractivity contribution in [3.8, 4) is 0 Å². The highest BCUT2D eigenvalue weighted by molar-refractivity contribution is 4.84. The van der Waals surface area contributed by atoms with Gasteiger partial charge in [0.15, 0.2) is 0 Å². The van der Waals surface area contributed by atoms with E-state index in [9.17, 15) is 0 Å². The highest BCUT2D eigenvalue weighted by Gasteiger charge is 2.25. The third kappa shape index (κ3) is 4.81. The lowest BCUT2D eigenvalue weighted by atomic mass is 9.98. The zero-order valence-electron chi connectivity index (χ0n) is 11.2. The van der Waals surface area contributed by atoms with E-state index < -0.39 is 0 Å². The van der Waals surface area contributed by atoms with Crippen molar-refractivity contribution in [3.63, 3.8) is 0 Å². The highest BCUT2D eigenvalue weighted by Crippen LogP contribution is 2.16. The van der Waals surface area contributed by atoms with Crippen LogP contribution < -0.4 is 5.73 Å². The molecule has 0 saturated carbocycles. The molecular weight excluding hydrogens is 200 g/mol. The summed E-state index contributed by atoms with van der Waals surface area (Å²) in [5.74, 6) is 0. The molecule has 1 rings (SSSR count). The fourth-order valence-electron chi connectivity index (χ4n) is 2.20. The average Bonchev–Trinajstić information content (AvgIpc) is 2.26. The van der Waals surface area contributed by atoms with Crippen LogP contribution in [0.4, 0.5) is 0 Å². The fraction of sp³-hybridized carbons (Fsp3) is 1.00. The van der Waals surface area contributed by atoms with E-state index in [2.05, 4.69) is 25.7 Å². The summed E-state index contributed by atoms with van der Waals surface area (Å²) in [6, 6.07) is 0. The second-order valence-electron chi connectivity index (χ2n) is 5.38. The molecule has 3 nitrogen and oxygen atoms in total. The lowest BCUT2D eigenvalue weighted by Crippen LogP contribution is -2.51. The number of ether oxygens (including phenoxy) is 1. The van der Waals surface area contributed by atoms with Crippen molar-refractivity contribution in [1.82, 2.24) is 4.90 Å². The topological polar surface area (TPSA) is 38.5 Å². The van der Waals surface area contributed by atoms with E-state index in [0.717, 1.165) is 32.5 Å². The molecule has 3 heteroatoms. The summed E-state index contributed by atoms with van der Waals surface area (Å²) in [4.78, 5) is 2.47. The van der Waals surface area contributed by atoms with Crippen molar-refractivity contribution >= 4 is 0 Å². The number of nitrogens with zero attached hydrogens (tertiary/aromatic N) is 1. The molecule has 0 spiro atoms. The smallest absolute Gasteiger partial charge is 0.0702 e. The first-order chi connectivity index (χ1) is 7.57. The zero-order valence-corrected chi connectivity index (χ0v) is 11.2. The highest BCUT2D eigenvalue weighted by atomic mass is 16.5. The summed E-state index contributed by atoms with van der Waals surface area (Å²) in [6.07, 6.45) is 5.03. The largest absolute Gasteiger partial charge is 0.377 e. The third-order valence-electron chi connectivity index (χ3n) is 3.41. The Bertz CT molecular complexity index is 194. The Balaban J connectivity index is 2.32. The molecule has 0 aromatic carbocycles. The summed E-state index contributed by atoms with van der Waals surface area (Å²) in [7, 11) is 0. The summed E-state index contributed by atoms with van der Waals surface area (Å²) in [5, 5.41) is 0. The Labute approximate surface area is 100 Å². The van der Waals surface area contributed by atoms with Crippen LogP contribution in [0.2, 0.25) is 0 Å². The Morgan fingerprint density at radius 1 is 1.44 bits per heavy atom. The third-order valence-corrected chi connectivity index (χ3v) is 3.41. The normalized spacial score (nSPS) is 26.6. The zero-order chi connectivity index (χ0) is 12.0. The number of nitrogens with two attached hydrogens (primary N) is 1. The van der Waals surface area contributed by atoms with Crippen molar-refractivity contribution < 1.29 is 4.74 Å². The van der Waals surface area contributed by atoms with Crippen LogP contribution in [0.25, 0.3) is 0 Å². The summed E-state index contributed by atoms with van der Waals surface area (Å²) in [6.45, 7) is 10.6. The number of hydrogen-bond acceptors (Lipinski definition) is 3. The fourth-order valence-corrected chi connectivity index (χ4v) is 2.20. The molecule has 0 aromatic heterocycles. The van der Waals surface area contributed by atoms with E-state index in [1.807, 2.05) is 0 Å². The van der Waals surface area contributed by atoms with E-state index in [0.29, 0.717) is 6.10 Å². The van der Waals surface area contributed by atoms with Crippen molar-refractivity contribution in [2.24, 2.45) is 5.73 Å². The molecule has 0 aliphatic carbocycles. The van der Waals surface area contributed by atoms with Crippen LogP contribution in [-0.4, -0.2) is 42.8 Å². The first kappa shape index (κ1) is 13.9. The van der Waals surface area contributed by atoms with Crippen molar-refractivity contribution in [1.29, 1.82) is 0 Å². The number of rotatable bonds is 6. The Kier molecular flexibility index (Phi) is 5.73. The van der Waals surface area contributed by atoms with Gasteiger partial charge < -0.3 is 10.5 Å². The van der Waals surface area contributed by atoms with Crippen molar-refractivity contribution in [2.45, 2.75) is 58.1 Å². The monoisotopic (exact) mass is 228 g/mol.